The summed E-state index contributed by atoms with van der Waals surface area (Å²) in [6.45, 7) is 6.02. The third-order valence-corrected chi connectivity index (χ3v) is 2.08. The molecular formula is C11H22N4O3. The van der Waals surface area contributed by atoms with Crippen molar-refractivity contribution < 1.29 is 14.4 Å². The summed E-state index contributed by atoms with van der Waals surface area (Å²) in [5.41, 5.74) is 5.22. The molecule has 0 aliphatic rings. The van der Waals surface area contributed by atoms with Crippen LogP contribution in [0.2, 0.25) is 0 Å². The number of hydrogen-bond acceptors (Lipinski definition) is 4. The number of likely N-dealkylation sites (N-methyl/N-ethyl adjacent to an activating group) is 1. The lowest BCUT2D eigenvalue weighted by atomic mass is 10.3. The molecule has 104 valence electrons. The van der Waals surface area contributed by atoms with E-state index in [0.717, 1.165) is 0 Å². The first kappa shape index (κ1) is 16.4. The monoisotopic (exact) mass is 258 g/mol. The van der Waals surface area contributed by atoms with Gasteiger partial charge < -0.3 is 21.3 Å². The van der Waals surface area contributed by atoms with Gasteiger partial charge in [0.2, 0.25) is 5.91 Å². The highest BCUT2D eigenvalue weighted by molar-refractivity contribution is 6.35. The Kier molecular flexibility index (Phi) is 7.69. The van der Waals surface area contributed by atoms with Crippen LogP contribution in [0.1, 0.15) is 20.8 Å². The van der Waals surface area contributed by atoms with Gasteiger partial charge in [-0.05, 0) is 20.8 Å². The second kappa shape index (κ2) is 8.46. The summed E-state index contributed by atoms with van der Waals surface area (Å²) >= 11 is 0. The maximum absolute atomic E-state index is 11.7. The maximum atomic E-state index is 11.7. The van der Waals surface area contributed by atoms with Gasteiger partial charge in [-0.1, -0.05) is 0 Å². The average Bonchev–Trinajstić information content (AvgIpc) is 2.31. The van der Waals surface area contributed by atoms with Crippen molar-refractivity contribution in [2.24, 2.45) is 5.73 Å². The summed E-state index contributed by atoms with van der Waals surface area (Å²) in [6, 6.07) is -0.00243. The highest BCUT2D eigenvalue weighted by atomic mass is 16.2. The van der Waals surface area contributed by atoms with Gasteiger partial charge in [-0.3, -0.25) is 14.4 Å². The van der Waals surface area contributed by atoms with Crippen molar-refractivity contribution in [2.45, 2.75) is 26.8 Å². The summed E-state index contributed by atoms with van der Waals surface area (Å²) in [7, 11) is 0. The smallest absolute Gasteiger partial charge is 0.312 e. The van der Waals surface area contributed by atoms with E-state index in [9.17, 15) is 14.4 Å². The van der Waals surface area contributed by atoms with E-state index < -0.39 is 11.8 Å². The predicted molar refractivity (Wildman–Crippen MR) is 67.6 cm³/mol. The van der Waals surface area contributed by atoms with Crippen LogP contribution >= 0.6 is 0 Å². The molecule has 7 heteroatoms. The lowest BCUT2D eigenvalue weighted by Gasteiger charge is -2.20. The van der Waals surface area contributed by atoms with Crippen molar-refractivity contribution in [3.8, 4) is 0 Å². The third kappa shape index (κ3) is 6.19. The van der Waals surface area contributed by atoms with E-state index in [2.05, 4.69) is 10.6 Å². The highest BCUT2D eigenvalue weighted by Crippen LogP contribution is 1.91. The van der Waals surface area contributed by atoms with Gasteiger partial charge in [0.25, 0.3) is 0 Å². The summed E-state index contributed by atoms with van der Waals surface area (Å²) < 4.78 is 0. The SMILES string of the molecule is CCN(CC(=O)NC(C)C)C(=O)C(=O)NCCN. The lowest BCUT2D eigenvalue weighted by Crippen LogP contribution is -2.48. The van der Waals surface area contributed by atoms with Gasteiger partial charge in [0, 0.05) is 25.7 Å². The van der Waals surface area contributed by atoms with Crippen LogP contribution in [0.4, 0.5) is 0 Å². The van der Waals surface area contributed by atoms with Crippen molar-refractivity contribution in [1.29, 1.82) is 0 Å². The first-order valence-electron chi connectivity index (χ1n) is 5.98. The minimum atomic E-state index is -0.736. The summed E-state index contributed by atoms with van der Waals surface area (Å²) in [4.78, 5) is 35.8. The molecule has 0 saturated heterocycles. The molecule has 18 heavy (non-hydrogen) atoms. The van der Waals surface area contributed by atoms with E-state index in [4.69, 9.17) is 5.73 Å². The van der Waals surface area contributed by atoms with Crippen LogP contribution in [0, 0.1) is 0 Å². The fourth-order valence-corrected chi connectivity index (χ4v) is 1.27. The largest absolute Gasteiger partial charge is 0.352 e. The summed E-state index contributed by atoms with van der Waals surface area (Å²) in [5, 5.41) is 5.03. The number of nitrogens with two attached hydrogens (primary N) is 1. The zero-order chi connectivity index (χ0) is 14.1. The Morgan fingerprint density at radius 2 is 1.89 bits per heavy atom. The Bertz CT molecular complexity index is 305. The molecule has 0 aromatic rings. The van der Waals surface area contributed by atoms with Crippen LogP contribution < -0.4 is 16.4 Å². The number of amides is 3. The number of hydrogen-bond donors (Lipinski definition) is 3. The number of carbonyl (C=O) groups is 3. The first-order chi connectivity index (χ1) is 8.42. The van der Waals surface area contributed by atoms with E-state index in [1.54, 1.807) is 6.92 Å². The molecule has 0 fully saturated rings. The molecule has 0 spiro atoms. The van der Waals surface area contributed by atoms with Gasteiger partial charge in [-0.15, -0.1) is 0 Å². The van der Waals surface area contributed by atoms with E-state index in [1.165, 1.54) is 4.90 Å². The van der Waals surface area contributed by atoms with Crippen molar-refractivity contribution in [3.05, 3.63) is 0 Å². The van der Waals surface area contributed by atoms with Crippen LogP contribution in [0.5, 0.6) is 0 Å². The fraction of sp³-hybridized carbons (Fsp3) is 0.727. The Hall–Kier alpha value is -1.63. The van der Waals surface area contributed by atoms with E-state index >= 15 is 0 Å². The Morgan fingerprint density at radius 1 is 1.28 bits per heavy atom. The van der Waals surface area contributed by atoms with Crippen LogP contribution in [-0.4, -0.2) is 54.8 Å². The number of carbonyl (C=O) groups excluding carboxylic acids is 3. The highest BCUT2D eigenvalue weighted by Gasteiger charge is 2.22. The molecule has 0 rings (SSSR count). The summed E-state index contributed by atoms with van der Waals surface area (Å²) in [6.07, 6.45) is 0. The zero-order valence-electron chi connectivity index (χ0n) is 11.2. The molecule has 0 aromatic carbocycles. The average molecular weight is 258 g/mol. The molecule has 0 aliphatic heterocycles. The predicted octanol–water partition coefficient (Wildman–Crippen LogP) is -1.57. The van der Waals surface area contributed by atoms with Crippen LogP contribution in [-0.2, 0) is 14.4 Å². The van der Waals surface area contributed by atoms with Crippen LogP contribution in [0.15, 0.2) is 0 Å². The number of nitrogens with one attached hydrogen (secondary N) is 2. The molecule has 0 aromatic heterocycles. The lowest BCUT2D eigenvalue weighted by molar-refractivity contribution is -0.147. The first-order valence-corrected chi connectivity index (χ1v) is 5.98. The van der Waals surface area contributed by atoms with E-state index in [1.807, 2.05) is 13.8 Å². The van der Waals surface area contributed by atoms with Gasteiger partial charge in [-0.2, -0.15) is 0 Å². The molecule has 7 nitrogen and oxygen atoms in total. The molecule has 0 heterocycles. The Morgan fingerprint density at radius 3 is 2.33 bits per heavy atom. The van der Waals surface area contributed by atoms with Gasteiger partial charge in [0.1, 0.15) is 0 Å². The second-order valence-corrected chi connectivity index (χ2v) is 4.09. The van der Waals surface area contributed by atoms with Gasteiger partial charge in [0.15, 0.2) is 0 Å². The number of nitrogens with zero attached hydrogens (tertiary/aromatic N) is 1. The zero-order valence-corrected chi connectivity index (χ0v) is 11.2. The maximum Gasteiger partial charge on any atom is 0.312 e. The van der Waals surface area contributed by atoms with Crippen molar-refractivity contribution in [1.82, 2.24) is 15.5 Å². The van der Waals surface area contributed by atoms with E-state index in [-0.39, 0.29) is 31.6 Å². The third-order valence-electron chi connectivity index (χ3n) is 2.08. The Balaban J connectivity index is 4.35. The molecule has 0 radical (unpaired) electrons. The van der Waals surface area contributed by atoms with Crippen molar-refractivity contribution in [3.63, 3.8) is 0 Å². The molecule has 0 saturated carbocycles. The minimum Gasteiger partial charge on any atom is -0.352 e. The molecule has 0 atom stereocenters. The quantitative estimate of drug-likeness (QED) is 0.501. The van der Waals surface area contributed by atoms with Crippen molar-refractivity contribution >= 4 is 17.7 Å². The van der Waals surface area contributed by atoms with Gasteiger partial charge in [0.05, 0.1) is 6.54 Å². The molecule has 0 unspecified atom stereocenters. The standard InChI is InChI=1S/C11H22N4O3/c1-4-15(7-9(16)14-8(2)3)11(18)10(17)13-6-5-12/h8H,4-7,12H2,1-3H3,(H,13,17)(H,14,16). The topological polar surface area (TPSA) is 105 Å². The fourth-order valence-electron chi connectivity index (χ4n) is 1.27. The molecule has 0 aliphatic carbocycles. The minimum absolute atomic E-state index is 0.00243. The summed E-state index contributed by atoms with van der Waals surface area (Å²) in [5.74, 6) is -1.74. The van der Waals surface area contributed by atoms with Gasteiger partial charge >= 0.3 is 11.8 Å². The number of rotatable bonds is 6. The molecule has 4 N–H and O–H groups in total. The normalized spacial score (nSPS) is 10.1. The van der Waals surface area contributed by atoms with Gasteiger partial charge in [-0.25, -0.2) is 0 Å². The van der Waals surface area contributed by atoms with Crippen LogP contribution in [0.3, 0.4) is 0 Å². The second-order valence-electron chi connectivity index (χ2n) is 4.09. The van der Waals surface area contributed by atoms with Crippen molar-refractivity contribution in [2.75, 3.05) is 26.2 Å². The molecule has 0 bridgehead atoms. The van der Waals surface area contributed by atoms with Crippen LogP contribution in [0.25, 0.3) is 0 Å². The van der Waals surface area contributed by atoms with E-state index in [0.29, 0.717) is 6.54 Å². The Labute approximate surface area is 107 Å². The molecule has 3 amide bonds. The molecular weight excluding hydrogens is 236 g/mol.